The first-order chi connectivity index (χ1) is 5.61. The summed E-state index contributed by atoms with van der Waals surface area (Å²) >= 11 is 0. The lowest BCUT2D eigenvalue weighted by Gasteiger charge is -2.05. The van der Waals surface area contributed by atoms with Gasteiger partial charge in [-0.15, -0.1) is 0 Å². The second-order valence-corrected chi connectivity index (χ2v) is 2.73. The number of aliphatic carboxylic acids is 1. The lowest BCUT2D eigenvalue weighted by Crippen LogP contribution is -2.07. The van der Waals surface area contributed by atoms with E-state index in [1.54, 1.807) is 31.2 Å². The van der Waals surface area contributed by atoms with Gasteiger partial charge in [-0.2, -0.15) is 0 Å². The average molecular weight is 165 g/mol. The number of carbonyl (C=O) groups is 1. The van der Waals surface area contributed by atoms with Crippen LogP contribution in [0.2, 0.25) is 0 Å². The number of rotatable bonds is 2. The predicted molar refractivity (Wildman–Crippen MR) is 46.9 cm³/mol. The van der Waals surface area contributed by atoms with Gasteiger partial charge in [0.1, 0.15) is 0 Å². The molecule has 0 saturated heterocycles. The minimum atomic E-state index is -0.820. The molecular weight excluding hydrogens is 154 g/mol. The zero-order chi connectivity index (χ0) is 9.14. The van der Waals surface area contributed by atoms with Crippen molar-refractivity contribution in [2.24, 2.45) is 0 Å². The third kappa shape index (κ3) is 1.75. The maximum absolute atomic E-state index is 10.6. The second-order valence-electron chi connectivity index (χ2n) is 2.73. The first-order valence-corrected chi connectivity index (χ1v) is 3.69. The molecule has 1 aromatic rings. The van der Waals surface area contributed by atoms with Gasteiger partial charge in [-0.25, -0.2) is 0 Å². The third-order valence-electron chi connectivity index (χ3n) is 1.81. The monoisotopic (exact) mass is 165 g/mol. The molecule has 0 heterocycles. The fraction of sp³-hybridized carbons (Fsp3) is 0.222. The number of carboxylic acids is 1. The molecule has 0 aromatic heterocycles. The van der Waals surface area contributed by atoms with Gasteiger partial charge in [0.25, 0.3) is 0 Å². The number of nitrogen functional groups attached to an aromatic ring is 1. The normalized spacial score (nSPS) is 12.4. The maximum atomic E-state index is 10.6. The van der Waals surface area contributed by atoms with Crippen molar-refractivity contribution in [2.75, 3.05) is 5.73 Å². The molecule has 3 nitrogen and oxygen atoms in total. The van der Waals surface area contributed by atoms with Gasteiger partial charge >= 0.3 is 5.97 Å². The van der Waals surface area contributed by atoms with Gasteiger partial charge in [0.05, 0.1) is 5.92 Å². The highest BCUT2D eigenvalue weighted by Gasteiger charge is 2.12. The molecule has 0 spiro atoms. The molecule has 0 saturated carbocycles. The molecule has 0 aliphatic rings. The summed E-state index contributed by atoms with van der Waals surface area (Å²) in [5, 5.41) is 8.67. The Bertz CT molecular complexity index is 279. The van der Waals surface area contributed by atoms with Gasteiger partial charge in [0.2, 0.25) is 0 Å². The summed E-state index contributed by atoms with van der Waals surface area (Å²) in [4.78, 5) is 10.6. The molecule has 3 N–H and O–H groups in total. The molecule has 1 rings (SSSR count). The summed E-state index contributed by atoms with van der Waals surface area (Å²) in [6.45, 7) is 1.65. The van der Waals surface area contributed by atoms with Crippen LogP contribution in [-0.2, 0) is 4.79 Å². The molecule has 0 amide bonds. The largest absolute Gasteiger partial charge is 0.481 e. The van der Waals surface area contributed by atoms with E-state index < -0.39 is 11.9 Å². The highest BCUT2D eigenvalue weighted by atomic mass is 16.4. The topological polar surface area (TPSA) is 63.3 Å². The quantitative estimate of drug-likeness (QED) is 0.652. The molecule has 0 aliphatic carbocycles. The summed E-state index contributed by atoms with van der Waals surface area (Å²) < 4.78 is 0. The molecule has 0 bridgehead atoms. The molecule has 0 radical (unpaired) electrons. The molecule has 0 aliphatic heterocycles. The summed E-state index contributed by atoms with van der Waals surface area (Å²) in [6.07, 6.45) is 0. The first-order valence-electron chi connectivity index (χ1n) is 3.69. The van der Waals surface area contributed by atoms with Crippen LogP contribution in [0.15, 0.2) is 24.3 Å². The van der Waals surface area contributed by atoms with E-state index in [4.69, 9.17) is 10.8 Å². The van der Waals surface area contributed by atoms with E-state index in [1.165, 1.54) is 0 Å². The Morgan fingerprint density at radius 3 is 2.33 bits per heavy atom. The van der Waals surface area contributed by atoms with Gasteiger partial charge < -0.3 is 10.8 Å². The van der Waals surface area contributed by atoms with E-state index in [1.807, 2.05) is 0 Å². The third-order valence-corrected chi connectivity index (χ3v) is 1.81. The van der Waals surface area contributed by atoms with Crippen LogP contribution >= 0.6 is 0 Å². The van der Waals surface area contributed by atoms with Gasteiger partial charge in [-0.05, 0) is 24.6 Å². The van der Waals surface area contributed by atoms with Crippen molar-refractivity contribution in [3.05, 3.63) is 29.8 Å². The van der Waals surface area contributed by atoms with Crippen molar-refractivity contribution in [2.45, 2.75) is 12.8 Å². The fourth-order valence-corrected chi connectivity index (χ4v) is 0.927. The highest BCUT2D eigenvalue weighted by molar-refractivity contribution is 5.75. The van der Waals surface area contributed by atoms with Crippen LogP contribution in [0.5, 0.6) is 0 Å². The SMILES string of the molecule is C[C@H](C(=O)O)c1ccc(N)cc1. The molecular formula is C9H11NO2. The molecule has 0 fully saturated rings. The van der Waals surface area contributed by atoms with Crippen LogP contribution in [-0.4, -0.2) is 11.1 Å². The van der Waals surface area contributed by atoms with Gasteiger partial charge in [-0.3, -0.25) is 4.79 Å². The molecule has 3 heteroatoms. The van der Waals surface area contributed by atoms with Crippen LogP contribution in [0, 0.1) is 0 Å². The second kappa shape index (κ2) is 3.26. The lowest BCUT2D eigenvalue weighted by atomic mass is 10.0. The molecule has 1 aromatic carbocycles. The van der Waals surface area contributed by atoms with Crippen molar-refractivity contribution in [3.8, 4) is 0 Å². The summed E-state index contributed by atoms with van der Waals surface area (Å²) in [6, 6.07) is 6.87. The van der Waals surface area contributed by atoms with Crippen molar-refractivity contribution in [3.63, 3.8) is 0 Å². The number of nitrogens with two attached hydrogens (primary N) is 1. The number of hydrogen-bond donors (Lipinski definition) is 2. The van der Waals surface area contributed by atoms with Crippen LogP contribution in [0.1, 0.15) is 18.4 Å². The Morgan fingerprint density at radius 2 is 1.92 bits per heavy atom. The van der Waals surface area contributed by atoms with E-state index in [-0.39, 0.29) is 0 Å². The standard InChI is InChI=1S/C9H11NO2/c1-6(9(11)12)7-2-4-8(10)5-3-7/h2-6H,10H2,1H3,(H,11,12)/t6-/m0/s1. The Hall–Kier alpha value is -1.51. The first kappa shape index (κ1) is 8.59. The van der Waals surface area contributed by atoms with Crippen LogP contribution < -0.4 is 5.73 Å². The summed E-state index contributed by atoms with van der Waals surface area (Å²) in [5.74, 6) is -1.29. The molecule has 12 heavy (non-hydrogen) atoms. The van der Waals surface area contributed by atoms with Gasteiger partial charge in [-0.1, -0.05) is 12.1 Å². The van der Waals surface area contributed by atoms with Crippen molar-refractivity contribution >= 4 is 11.7 Å². The smallest absolute Gasteiger partial charge is 0.310 e. The Labute approximate surface area is 70.8 Å². The minimum absolute atomic E-state index is 0.467. The summed E-state index contributed by atoms with van der Waals surface area (Å²) in [7, 11) is 0. The van der Waals surface area contributed by atoms with Crippen LogP contribution in [0.4, 0.5) is 5.69 Å². The van der Waals surface area contributed by atoms with Crippen molar-refractivity contribution in [1.82, 2.24) is 0 Å². The number of anilines is 1. The zero-order valence-electron chi connectivity index (χ0n) is 6.82. The van der Waals surface area contributed by atoms with Gasteiger partial charge in [0.15, 0.2) is 0 Å². The number of carboxylic acid groups (broad SMARTS) is 1. The maximum Gasteiger partial charge on any atom is 0.310 e. The Kier molecular flexibility index (Phi) is 2.33. The van der Waals surface area contributed by atoms with Crippen molar-refractivity contribution < 1.29 is 9.90 Å². The predicted octanol–water partition coefficient (Wildman–Crippen LogP) is 1.46. The highest BCUT2D eigenvalue weighted by Crippen LogP contribution is 2.16. The zero-order valence-corrected chi connectivity index (χ0v) is 6.82. The molecule has 0 unspecified atom stereocenters. The fourth-order valence-electron chi connectivity index (χ4n) is 0.927. The average Bonchev–Trinajstić information content (AvgIpc) is 2.04. The summed E-state index contributed by atoms with van der Waals surface area (Å²) in [5.41, 5.74) is 6.88. The van der Waals surface area contributed by atoms with Gasteiger partial charge in [0, 0.05) is 5.69 Å². The lowest BCUT2D eigenvalue weighted by molar-refractivity contribution is -0.138. The number of benzene rings is 1. The molecule has 1 atom stereocenters. The Morgan fingerprint density at radius 1 is 1.42 bits per heavy atom. The van der Waals surface area contributed by atoms with E-state index >= 15 is 0 Å². The van der Waals surface area contributed by atoms with E-state index in [0.29, 0.717) is 5.69 Å². The van der Waals surface area contributed by atoms with Crippen LogP contribution in [0.25, 0.3) is 0 Å². The number of hydrogen-bond acceptors (Lipinski definition) is 2. The van der Waals surface area contributed by atoms with E-state index in [9.17, 15) is 4.79 Å². The minimum Gasteiger partial charge on any atom is -0.481 e. The van der Waals surface area contributed by atoms with Crippen LogP contribution in [0.3, 0.4) is 0 Å². The van der Waals surface area contributed by atoms with E-state index in [2.05, 4.69) is 0 Å². The Balaban J connectivity index is 2.89. The van der Waals surface area contributed by atoms with Crippen molar-refractivity contribution in [1.29, 1.82) is 0 Å². The molecule has 64 valence electrons. The van der Waals surface area contributed by atoms with E-state index in [0.717, 1.165) is 5.56 Å².